The fourth-order valence-electron chi connectivity index (χ4n) is 2.13. The molecule has 0 saturated carbocycles. The third kappa shape index (κ3) is 2.49. The average Bonchev–Trinajstić information content (AvgIpc) is 2.81. The Hall–Kier alpha value is -0.760. The van der Waals surface area contributed by atoms with E-state index in [1.165, 1.54) is 29.9 Å². The Balaban J connectivity index is 2.08. The van der Waals surface area contributed by atoms with Crippen LogP contribution in [-0.2, 0) is 10.9 Å². The molecule has 1 aliphatic rings. The fraction of sp³-hybridized carbons (Fsp3) is 0.500. The summed E-state index contributed by atoms with van der Waals surface area (Å²) in [5, 5.41) is 0.227. The van der Waals surface area contributed by atoms with E-state index < -0.39 is 0 Å². The number of carbonyl (C=O) groups is 1. The molecule has 0 amide bonds. The van der Waals surface area contributed by atoms with Crippen LogP contribution in [0.4, 0.5) is 0 Å². The standard InChI is InChI=1S/C14H19OS/c1-11-5-7-13(8-6-11)14(15)12(2)16-9-3-4-10-16/h5-8,12H,3-4,9-10H2,1-2H3/q+1. The molecule has 1 saturated heterocycles. The second-order valence-electron chi connectivity index (χ2n) is 4.53. The highest BCUT2D eigenvalue weighted by atomic mass is 32.2. The molecule has 1 unspecified atom stereocenters. The van der Waals surface area contributed by atoms with Gasteiger partial charge in [-0.05, 0) is 37.6 Å². The predicted octanol–water partition coefficient (Wildman–Crippen LogP) is 2.98. The van der Waals surface area contributed by atoms with Crippen molar-refractivity contribution in [3.05, 3.63) is 35.4 Å². The summed E-state index contributed by atoms with van der Waals surface area (Å²) < 4.78 is 0. The van der Waals surface area contributed by atoms with Gasteiger partial charge in [-0.2, -0.15) is 0 Å². The molecule has 1 aromatic carbocycles. The van der Waals surface area contributed by atoms with E-state index in [0.29, 0.717) is 16.7 Å². The lowest BCUT2D eigenvalue weighted by Crippen LogP contribution is -2.28. The minimum absolute atomic E-state index is 0.227. The lowest BCUT2D eigenvalue weighted by Gasteiger charge is -2.09. The summed E-state index contributed by atoms with van der Waals surface area (Å²) in [5.74, 6) is 2.86. The molecular weight excluding hydrogens is 216 g/mol. The molecule has 1 aromatic rings. The van der Waals surface area contributed by atoms with Crippen molar-refractivity contribution < 1.29 is 4.79 Å². The van der Waals surface area contributed by atoms with E-state index in [1.807, 2.05) is 24.3 Å². The number of ketones is 1. The van der Waals surface area contributed by atoms with Crippen LogP contribution in [0, 0.1) is 6.92 Å². The molecule has 0 aromatic heterocycles. The summed E-state index contributed by atoms with van der Waals surface area (Å²) in [6.45, 7) is 4.16. The maximum absolute atomic E-state index is 12.2. The minimum atomic E-state index is 0.227. The van der Waals surface area contributed by atoms with Gasteiger partial charge >= 0.3 is 0 Å². The zero-order chi connectivity index (χ0) is 11.5. The topological polar surface area (TPSA) is 17.1 Å². The molecule has 0 spiro atoms. The van der Waals surface area contributed by atoms with Gasteiger partial charge in [-0.25, -0.2) is 0 Å². The third-order valence-corrected chi connectivity index (χ3v) is 6.11. The van der Waals surface area contributed by atoms with E-state index in [4.69, 9.17) is 0 Å². The Kier molecular flexibility index (Phi) is 3.70. The van der Waals surface area contributed by atoms with Crippen molar-refractivity contribution in [1.29, 1.82) is 0 Å². The summed E-state index contributed by atoms with van der Waals surface area (Å²) in [6.07, 6.45) is 2.63. The fourth-order valence-corrected chi connectivity index (χ4v) is 4.63. The van der Waals surface area contributed by atoms with Gasteiger partial charge in [0.15, 0.2) is 5.25 Å². The Labute approximate surface area is 101 Å². The van der Waals surface area contributed by atoms with Gasteiger partial charge < -0.3 is 0 Å². The Morgan fingerprint density at radius 3 is 2.31 bits per heavy atom. The van der Waals surface area contributed by atoms with Crippen LogP contribution in [0.15, 0.2) is 24.3 Å². The summed E-state index contributed by atoms with van der Waals surface area (Å²) in [7, 11) is 0.342. The molecule has 86 valence electrons. The van der Waals surface area contributed by atoms with Crippen molar-refractivity contribution in [1.82, 2.24) is 0 Å². The highest BCUT2D eigenvalue weighted by molar-refractivity contribution is 7.98. The maximum atomic E-state index is 12.2. The Morgan fingerprint density at radius 2 is 1.75 bits per heavy atom. The molecule has 0 N–H and O–H groups in total. The van der Waals surface area contributed by atoms with E-state index in [0.717, 1.165) is 5.56 Å². The first-order valence-corrected chi connectivity index (χ1v) is 7.58. The summed E-state index contributed by atoms with van der Waals surface area (Å²) in [5.41, 5.74) is 2.10. The molecule has 1 heterocycles. The van der Waals surface area contributed by atoms with Crippen LogP contribution in [0.25, 0.3) is 0 Å². The van der Waals surface area contributed by atoms with Gasteiger partial charge in [0.25, 0.3) is 0 Å². The van der Waals surface area contributed by atoms with Crippen LogP contribution < -0.4 is 0 Å². The van der Waals surface area contributed by atoms with Crippen molar-refractivity contribution in [2.24, 2.45) is 0 Å². The van der Waals surface area contributed by atoms with Crippen molar-refractivity contribution in [3.63, 3.8) is 0 Å². The summed E-state index contributed by atoms with van der Waals surface area (Å²) in [4.78, 5) is 12.2. The van der Waals surface area contributed by atoms with Gasteiger partial charge in [0, 0.05) is 5.56 Å². The van der Waals surface area contributed by atoms with Gasteiger partial charge in [0.2, 0.25) is 5.78 Å². The number of rotatable bonds is 3. The first kappa shape index (κ1) is 11.7. The zero-order valence-electron chi connectivity index (χ0n) is 10.0. The normalized spacial score (nSPS) is 18.6. The molecular formula is C14H19OS+. The molecule has 1 nitrogen and oxygen atoms in total. The van der Waals surface area contributed by atoms with Crippen LogP contribution in [-0.4, -0.2) is 22.5 Å². The van der Waals surface area contributed by atoms with Gasteiger partial charge in [-0.1, -0.05) is 29.8 Å². The van der Waals surface area contributed by atoms with Crippen molar-refractivity contribution in [3.8, 4) is 0 Å². The first-order valence-electron chi connectivity index (χ1n) is 5.95. The number of carbonyl (C=O) groups excluding carboxylic acids is 1. The third-order valence-electron chi connectivity index (χ3n) is 3.27. The van der Waals surface area contributed by atoms with Crippen LogP contribution in [0.2, 0.25) is 0 Å². The molecule has 1 atom stereocenters. The number of benzene rings is 1. The monoisotopic (exact) mass is 235 g/mol. The van der Waals surface area contributed by atoms with Crippen LogP contribution in [0.5, 0.6) is 0 Å². The number of hydrogen-bond acceptors (Lipinski definition) is 1. The van der Waals surface area contributed by atoms with Crippen molar-refractivity contribution in [2.75, 3.05) is 11.5 Å². The summed E-state index contributed by atoms with van der Waals surface area (Å²) in [6, 6.07) is 7.98. The Morgan fingerprint density at radius 1 is 1.19 bits per heavy atom. The van der Waals surface area contributed by atoms with Gasteiger partial charge in [-0.15, -0.1) is 0 Å². The van der Waals surface area contributed by atoms with Gasteiger partial charge in [0.1, 0.15) is 11.5 Å². The molecule has 0 bridgehead atoms. The van der Waals surface area contributed by atoms with Crippen LogP contribution in [0.3, 0.4) is 0 Å². The van der Waals surface area contributed by atoms with Crippen molar-refractivity contribution >= 4 is 16.7 Å². The molecule has 1 aliphatic heterocycles. The molecule has 0 aliphatic carbocycles. The molecule has 0 radical (unpaired) electrons. The average molecular weight is 235 g/mol. The lowest BCUT2D eigenvalue weighted by molar-refractivity contribution is 0.0993. The quantitative estimate of drug-likeness (QED) is 0.581. The lowest BCUT2D eigenvalue weighted by atomic mass is 10.1. The summed E-state index contributed by atoms with van der Waals surface area (Å²) >= 11 is 0. The molecule has 2 heteroatoms. The second-order valence-corrected chi connectivity index (χ2v) is 7.12. The van der Waals surface area contributed by atoms with Crippen LogP contribution >= 0.6 is 0 Å². The molecule has 2 rings (SSSR count). The van der Waals surface area contributed by atoms with Gasteiger partial charge in [0.05, 0.1) is 0 Å². The molecule has 1 fully saturated rings. The van der Waals surface area contributed by atoms with E-state index in [9.17, 15) is 4.79 Å². The predicted molar refractivity (Wildman–Crippen MR) is 71.3 cm³/mol. The highest BCUT2D eigenvalue weighted by Crippen LogP contribution is 2.21. The highest BCUT2D eigenvalue weighted by Gasteiger charge is 2.35. The number of hydrogen-bond donors (Lipinski definition) is 0. The van der Waals surface area contributed by atoms with Crippen molar-refractivity contribution in [2.45, 2.75) is 31.9 Å². The Bertz CT molecular complexity index is 363. The zero-order valence-corrected chi connectivity index (χ0v) is 10.8. The minimum Gasteiger partial charge on any atom is -0.289 e. The maximum Gasteiger partial charge on any atom is 0.214 e. The smallest absolute Gasteiger partial charge is 0.214 e. The second kappa shape index (κ2) is 5.05. The number of aryl methyl sites for hydroxylation is 1. The molecule has 16 heavy (non-hydrogen) atoms. The number of Topliss-reactive ketones (excluding diaryl/α,β-unsaturated/α-hetero) is 1. The largest absolute Gasteiger partial charge is 0.289 e. The van der Waals surface area contributed by atoms with E-state index in [1.54, 1.807) is 0 Å². The van der Waals surface area contributed by atoms with Crippen LogP contribution in [0.1, 0.15) is 35.7 Å². The van der Waals surface area contributed by atoms with E-state index in [2.05, 4.69) is 13.8 Å². The van der Waals surface area contributed by atoms with E-state index >= 15 is 0 Å². The SMILES string of the molecule is Cc1ccc(C(=O)C(C)[S+]2CCCC2)cc1. The first-order chi connectivity index (χ1) is 7.68. The van der Waals surface area contributed by atoms with E-state index in [-0.39, 0.29) is 5.25 Å². The van der Waals surface area contributed by atoms with Gasteiger partial charge in [-0.3, -0.25) is 4.79 Å².